The van der Waals surface area contributed by atoms with Crippen molar-refractivity contribution in [2.24, 2.45) is 0 Å². The highest BCUT2D eigenvalue weighted by Gasteiger charge is 2.30. The van der Waals surface area contributed by atoms with Crippen LogP contribution in [0.1, 0.15) is 30.2 Å². The number of aromatic nitrogens is 2. The SMILES string of the molecule is CCCNC(=S)Nc1cc(C)n(Cc2cccc(C(F)(F)F)c2)n1. The van der Waals surface area contributed by atoms with Gasteiger partial charge in [0.2, 0.25) is 0 Å². The number of hydrogen-bond donors (Lipinski definition) is 2. The molecule has 0 saturated carbocycles. The number of benzene rings is 1. The number of anilines is 1. The van der Waals surface area contributed by atoms with Crippen molar-refractivity contribution in [2.45, 2.75) is 33.0 Å². The Morgan fingerprint density at radius 2 is 2.04 bits per heavy atom. The minimum Gasteiger partial charge on any atom is -0.362 e. The molecule has 0 atom stereocenters. The van der Waals surface area contributed by atoms with E-state index in [1.165, 1.54) is 6.07 Å². The Labute approximate surface area is 144 Å². The molecule has 0 fully saturated rings. The maximum absolute atomic E-state index is 12.8. The second-order valence-corrected chi connectivity index (χ2v) is 5.82. The predicted molar refractivity (Wildman–Crippen MR) is 92.0 cm³/mol. The lowest BCUT2D eigenvalue weighted by molar-refractivity contribution is -0.137. The fourth-order valence-electron chi connectivity index (χ4n) is 2.15. The molecule has 2 N–H and O–H groups in total. The van der Waals surface area contributed by atoms with Gasteiger partial charge in [-0.3, -0.25) is 4.68 Å². The molecule has 1 aromatic heterocycles. The minimum absolute atomic E-state index is 0.257. The molecule has 0 bridgehead atoms. The third-order valence-electron chi connectivity index (χ3n) is 3.34. The second-order valence-electron chi connectivity index (χ2n) is 5.41. The van der Waals surface area contributed by atoms with Crippen LogP contribution >= 0.6 is 12.2 Å². The van der Waals surface area contributed by atoms with Crippen LogP contribution < -0.4 is 10.6 Å². The van der Waals surface area contributed by atoms with E-state index in [2.05, 4.69) is 15.7 Å². The molecule has 0 spiro atoms. The Kier molecular flexibility index (Phi) is 5.82. The first kappa shape index (κ1) is 18.3. The largest absolute Gasteiger partial charge is 0.416 e. The van der Waals surface area contributed by atoms with Crippen molar-refractivity contribution in [3.8, 4) is 0 Å². The Balaban J connectivity index is 2.10. The molecule has 0 unspecified atom stereocenters. The molecule has 2 aromatic rings. The lowest BCUT2D eigenvalue weighted by Gasteiger charge is -2.10. The monoisotopic (exact) mass is 356 g/mol. The topological polar surface area (TPSA) is 41.9 Å². The molecule has 0 aliphatic carbocycles. The first-order valence-electron chi connectivity index (χ1n) is 7.55. The standard InChI is InChI=1S/C16H19F3N4S/c1-3-7-20-15(24)21-14-8-11(2)23(22-14)10-12-5-4-6-13(9-12)16(17,18)19/h4-6,8-9H,3,7,10H2,1-2H3,(H2,20,21,22,24). The first-order chi connectivity index (χ1) is 11.3. The maximum Gasteiger partial charge on any atom is 0.416 e. The van der Waals surface area contributed by atoms with Crippen molar-refractivity contribution in [3.63, 3.8) is 0 Å². The van der Waals surface area contributed by atoms with E-state index in [9.17, 15) is 13.2 Å². The first-order valence-corrected chi connectivity index (χ1v) is 7.96. The van der Waals surface area contributed by atoms with Gasteiger partial charge in [-0.05, 0) is 43.3 Å². The van der Waals surface area contributed by atoms with Crippen LogP contribution in [0.3, 0.4) is 0 Å². The molecule has 4 nitrogen and oxygen atoms in total. The van der Waals surface area contributed by atoms with Crippen LogP contribution in [0.5, 0.6) is 0 Å². The zero-order valence-corrected chi connectivity index (χ0v) is 14.3. The fraction of sp³-hybridized carbons (Fsp3) is 0.375. The summed E-state index contributed by atoms with van der Waals surface area (Å²) in [4.78, 5) is 0. The highest BCUT2D eigenvalue weighted by Crippen LogP contribution is 2.29. The third-order valence-corrected chi connectivity index (χ3v) is 3.59. The number of aryl methyl sites for hydroxylation is 1. The Bertz CT molecular complexity index is 710. The van der Waals surface area contributed by atoms with Gasteiger partial charge in [-0.25, -0.2) is 0 Å². The van der Waals surface area contributed by atoms with Gasteiger partial charge >= 0.3 is 6.18 Å². The number of rotatable bonds is 5. The number of halogens is 3. The fourth-order valence-corrected chi connectivity index (χ4v) is 2.36. The van der Waals surface area contributed by atoms with E-state index >= 15 is 0 Å². The van der Waals surface area contributed by atoms with Crippen LogP contribution in [-0.2, 0) is 12.7 Å². The summed E-state index contributed by atoms with van der Waals surface area (Å²) in [6, 6.07) is 7.05. The number of alkyl halides is 3. The second kappa shape index (κ2) is 7.65. The Morgan fingerprint density at radius 3 is 2.71 bits per heavy atom. The summed E-state index contributed by atoms with van der Waals surface area (Å²) >= 11 is 5.15. The van der Waals surface area contributed by atoms with E-state index in [0.717, 1.165) is 30.8 Å². The zero-order valence-electron chi connectivity index (χ0n) is 13.4. The summed E-state index contributed by atoms with van der Waals surface area (Å²) in [6.45, 7) is 4.89. The molecule has 0 radical (unpaired) electrons. The molecule has 0 amide bonds. The minimum atomic E-state index is -4.35. The normalized spacial score (nSPS) is 11.4. The molecule has 2 rings (SSSR count). The van der Waals surface area contributed by atoms with Gasteiger partial charge in [0.15, 0.2) is 10.9 Å². The number of thiocarbonyl (C=S) groups is 1. The molecule has 0 aliphatic rings. The average Bonchev–Trinajstić information content (AvgIpc) is 2.84. The van der Waals surface area contributed by atoms with Gasteiger partial charge in [0, 0.05) is 18.3 Å². The predicted octanol–water partition coefficient (Wildman–Crippen LogP) is 3.96. The van der Waals surface area contributed by atoms with Crippen LogP contribution in [0, 0.1) is 6.92 Å². The highest BCUT2D eigenvalue weighted by molar-refractivity contribution is 7.80. The van der Waals surface area contributed by atoms with Crippen molar-refractivity contribution >= 4 is 23.1 Å². The Hall–Kier alpha value is -2.09. The van der Waals surface area contributed by atoms with Crippen molar-refractivity contribution in [1.29, 1.82) is 0 Å². The van der Waals surface area contributed by atoms with Crippen molar-refractivity contribution < 1.29 is 13.2 Å². The van der Waals surface area contributed by atoms with Crippen LogP contribution in [0.25, 0.3) is 0 Å². The van der Waals surface area contributed by atoms with E-state index < -0.39 is 11.7 Å². The van der Waals surface area contributed by atoms with Crippen LogP contribution in [-0.4, -0.2) is 21.4 Å². The van der Waals surface area contributed by atoms with Gasteiger partial charge in [0.1, 0.15) is 0 Å². The lowest BCUT2D eigenvalue weighted by Crippen LogP contribution is -2.29. The van der Waals surface area contributed by atoms with Crippen molar-refractivity contribution in [2.75, 3.05) is 11.9 Å². The summed E-state index contributed by atoms with van der Waals surface area (Å²) < 4.78 is 40.0. The molecule has 1 heterocycles. The van der Waals surface area contributed by atoms with Gasteiger partial charge in [-0.1, -0.05) is 19.1 Å². The molecule has 0 saturated heterocycles. The van der Waals surface area contributed by atoms with E-state index in [1.807, 2.05) is 13.8 Å². The van der Waals surface area contributed by atoms with Gasteiger partial charge in [0.05, 0.1) is 12.1 Å². The summed E-state index contributed by atoms with van der Waals surface area (Å²) in [5.74, 6) is 0.563. The van der Waals surface area contributed by atoms with Gasteiger partial charge in [-0.15, -0.1) is 0 Å². The summed E-state index contributed by atoms with van der Waals surface area (Å²) in [5, 5.41) is 10.8. The zero-order chi connectivity index (χ0) is 17.7. The van der Waals surface area contributed by atoms with Crippen molar-refractivity contribution in [3.05, 3.63) is 47.2 Å². The van der Waals surface area contributed by atoms with Crippen molar-refractivity contribution in [1.82, 2.24) is 15.1 Å². The maximum atomic E-state index is 12.8. The number of nitrogens with one attached hydrogen (secondary N) is 2. The van der Waals surface area contributed by atoms with Gasteiger partial charge < -0.3 is 10.6 Å². The summed E-state index contributed by atoms with van der Waals surface area (Å²) in [7, 11) is 0. The van der Waals surface area contributed by atoms with Crippen LogP contribution in [0.15, 0.2) is 30.3 Å². The molecule has 24 heavy (non-hydrogen) atoms. The average molecular weight is 356 g/mol. The third kappa shape index (κ3) is 4.95. The summed E-state index contributed by atoms with van der Waals surface area (Å²) in [5.41, 5.74) is 0.704. The highest BCUT2D eigenvalue weighted by atomic mass is 32.1. The molecular formula is C16H19F3N4S. The van der Waals surface area contributed by atoms with Gasteiger partial charge in [-0.2, -0.15) is 18.3 Å². The van der Waals surface area contributed by atoms with Crippen LogP contribution in [0.4, 0.5) is 19.0 Å². The number of hydrogen-bond acceptors (Lipinski definition) is 2. The molecule has 0 aliphatic heterocycles. The molecular weight excluding hydrogens is 337 g/mol. The quantitative estimate of drug-likeness (QED) is 0.796. The van der Waals surface area contributed by atoms with Crippen LogP contribution in [0.2, 0.25) is 0 Å². The van der Waals surface area contributed by atoms with E-state index in [1.54, 1.807) is 16.8 Å². The molecule has 130 valence electrons. The van der Waals surface area contributed by atoms with E-state index in [0.29, 0.717) is 16.5 Å². The van der Waals surface area contributed by atoms with Gasteiger partial charge in [0.25, 0.3) is 0 Å². The van der Waals surface area contributed by atoms with E-state index in [4.69, 9.17) is 12.2 Å². The molecule has 1 aromatic carbocycles. The number of nitrogens with zero attached hydrogens (tertiary/aromatic N) is 2. The lowest BCUT2D eigenvalue weighted by atomic mass is 10.1. The molecule has 8 heteroatoms. The smallest absolute Gasteiger partial charge is 0.362 e. The summed E-state index contributed by atoms with van der Waals surface area (Å²) in [6.07, 6.45) is -3.40. The Morgan fingerprint density at radius 1 is 1.29 bits per heavy atom. The van der Waals surface area contributed by atoms with E-state index in [-0.39, 0.29) is 6.54 Å².